The van der Waals surface area contributed by atoms with Crippen LogP contribution < -0.4 is 5.32 Å². The Kier molecular flexibility index (Phi) is 5.81. The van der Waals surface area contributed by atoms with E-state index in [0.717, 1.165) is 25.6 Å². The fraction of sp³-hybridized carbons (Fsp3) is 0.933. The molecule has 0 bridgehead atoms. The predicted octanol–water partition coefficient (Wildman–Crippen LogP) is 0.554. The molecule has 2 fully saturated rings. The minimum absolute atomic E-state index is 0.118. The summed E-state index contributed by atoms with van der Waals surface area (Å²) in [6, 6.07) is 0.378. The minimum atomic E-state index is -0.155. The lowest BCUT2D eigenvalue weighted by molar-refractivity contribution is -0.143. The molecule has 1 saturated heterocycles. The standard InChI is InChI=1S/C15H29N3O2/c1-17(2)10-12-6-8-18(9-7-12)11-14(15(19)20-3)16-13-4-5-13/h12-14,16H,4-11H2,1-3H3. The third kappa shape index (κ3) is 5.04. The molecule has 5 nitrogen and oxygen atoms in total. The first-order valence-corrected chi connectivity index (χ1v) is 7.79. The largest absolute Gasteiger partial charge is 0.468 e. The molecule has 1 heterocycles. The van der Waals surface area contributed by atoms with E-state index >= 15 is 0 Å². The van der Waals surface area contributed by atoms with E-state index in [2.05, 4.69) is 29.2 Å². The van der Waals surface area contributed by atoms with Gasteiger partial charge in [0.05, 0.1) is 7.11 Å². The zero-order valence-corrected chi connectivity index (χ0v) is 13.1. The summed E-state index contributed by atoms with van der Waals surface area (Å²) in [5.41, 5.74) is 0. The van der Waals surface area contributed by atoms with Gasteiger partial charge in [-0.05, 0) is 58.8 Å². The van der Waals surface area contributed by atoms with Crippen molar-refractivity contribution >= 4 is 5.97 Å². The Morgan fingerprint density at radius 2 is 1.95 bits per heavy atom. The summed E-state index contributed by atoms with van der Waals surface area (Å²) >= 11 is 0. The highest BCUT2D eigenvalue weighted by atomic mass is 16.5. The highest BCUT2D eigenvalue weighted by Gasteiger charge is 2.31. The number of nitrogens with zero attached hydrogens (tertiary/aromatic N) is 2. The van der Waals surface area contributed by atoms with Gasteiger partial charge >= 0.3 is 5.97 Å². The van der Waals surface area contributed by atoms with E-state index in [1.165, 1.54) is 39.3 Å². The normalized spacial score (nSPS) is 23.0. The summed E-state index contributed by atoms with van der Waals surface area (Å²) in [5, 5.41) is 3.41. The molecule has 116 valence electrons. The van der Waals surface area contributed by atoms with Crippen LogP contribution in [-0.4, -0.2) is 75.2 Å². The number of hydrogen-bond acceptors (Lipinski definition) is 5. The molecule has 0 spiro atoms. The number of nitrogens with one attached hydrogen (secondary N) is 1. The molecular formula is C15H29N3O2. The van der Waals surface area contributed by atoms with Crippen molar-refractivity contribution in [3.8, 4) is 0 Å². The first-order valence-electron chi connectivity index (χ1n) is 7.79. The number of likely N-dealkylation sites (tertiary alicyclic amines) is 1. The number of esters is 1. The molecule has 2 aliphatic rings. The Bertz CT molecular complexity index is 310. The smallest absolute Gasteiger partial charge is 0.324 e. The zero-order chi connectivity index (χ0) is 14.5. The summed E-state index contributed by atoms with van der Waals surface area (Å²) in [6.07, 6.45) is 4.85. The molecule has 0 aromatic carbocycles. The van der Waals surface area contributed by atoms with Crippen molar-refractivity contribution in [1.82, 2.24) is 15.1 Å². The van der Waals surface area contributed by atoms with Crippen molar-refractivity contribution in [1.29, 1.82) is 0 Å². The summed E-state index contributed by atoms with van der Waals surface area (Å²) in [7, 11) is 5.76. The van der Waals surface area contributed by atoms with Crippen LogP contribution in [0, 0.1) is 5.92 Å². The second-order valence-corrected chi connectivity index (χ2v) is 6.52. The maximum Gasteiger partial charge on any atom is 0.324 e. The summed E-state index contributed by atoms with van der Waals surface area (Å²) in [5.74, 6) is 0.682. The molecule has 20 heavy (non-hydrogen) atoms. The lowest BCUT2D eigenvalue weighted by Gasteiger charge is -2.34. The average molecular weight is 283 g/mol. The number of rotatable bonds is 7. The molecule has 1 aliphatic heterocycles. The van der Waals surface area contributed by atoms with Crippen LogP contribution in [0.25, 0.3) is 0 Å². The van der Waals surface area contributed by atoms with Gasteiger partial charge in [-0.15, -0.1) is 0 Å². The SMILES string of the molecule is COC(=O)C(CN1CCC(CN(C)C)CC1)NC1CC1. The quantitative estimate of drug-likeness (QED) is 0.692. The molecule has 1 atom stereocenters. The summed E-state index contributed by atoms with van der Waals surface area (Å²) < 4.78 is 4.92. The molecule has 1 saturated carbocycles. The molecule has 0 radical (unpaired) electrons. The van der Waals surface area contributed by atoms with Gasteiger partial charge in [-0.3, -0.25) is 4.79 Å². The monoisotopic (exact) mass is 283 g/mol. The Morgan fingerprint density at radius 3 is 2.45 bits per heavy atom. The Hall–Kier alpha value is -0.650. The van der Waals surface area contributed by atoms with Crippen LogP contribution in [0.5, 0.6) is 0 Å². The molecular weight excluding hydrogens is 254 g/mol. The van der Waals surface area contributed by atoms with Gasteiger partial charge in [0.25, 0.3) is 0 Å². The van der Waals surface area contributed by atoms with E-state index in [1.54, 1.807) is 0 Å². The van der Waals surface area contributed by atoms with Crippen molar-refractivity contribution in [2.45, 2.75) is 37.8 Å². The number of carbonyl (C=O) groups excluding carboxylic acids is 1. The predicted molar refractivity (Wildman–Crippen MR) is 79.7 cm³/mol. The molecule has 1 N–H and O–H groups in total. The third-order valence-corrected chi connectivity index (χ3v) is 4.27. The van der Waals surface area contributed by atoms with E-state index in [4.69, 9.17) is 4.74 Å². The molecule has 0 aromatic heterocycles. The van der Waals surface area contributed by atoms with E-state index in [1.807, 2.05) is 0 Å². The van der Waals surface area contributed by atoms with Crippen molar-refractivity contribution < 1.29 is 9.53 Å². The van der Waals surface area contributed by atoms with Crippen LogP contribution in [0.15, 0.2) is 0 Å². The Balaban J connectivity index is 1.75. The van der Waals surface area contributed by atoms with Crippen molar-refractivity contribution in [2.75, 3.05) is 47.4 Å². The molecule has 0 aromatic rings. The second kappa shape index (κ2) is 7.38. The highest BCUT2D eigenvalue weighted by molar-refractivity contribution is 5.76. The molecule has 5 heteroatoms. The molecule has 1 aliphatic carbocycles. The summed E-state index contributed by atoms with van der Waals surface area (Å²) in [6.45, 7) is 4.16. The first-order chi connectivity index (χ1) is 9.58. The zero-order valence-electron chi connectivity index (χ0n) is 13.1. The number of hydrogen-bond donors (Lipinski definition) is 1. The van der Waals surface area contributed by atoms with Crippen LogP contribution >= 0.6 is 0 Å². The van der Waals surface area contributed by atoms with Crippen LogP contribution in [0.2, 0.25) is 0 Å². The topological polar surface area (TPSA) is 44.8 Å². The maximum atomic E-state index is 11.8. The lowest BCUT2D eigenvalue weighted by Crippen LogP contribution is -2.49. The first kappa shape index (κ1) is 15.7. The number of ether oxygens (including phenoxy) is 1. The van der Waals surface area contributed by atoms with Crippen LogP contribution in [0.4, 0.5) is 0 Å². The van der Waals surface area contributed by atoms with E-state index in [0.29, 0.717) is 6.04 Å². The fourth-order valence-corrected chi connectivity index (χ4v) is 3.00. The number of carbonyl (C=O) groups is 1. The fourth-order valence-electron chi connectivity index (χ4n) is 3.00. The van der Waals surface area contributed by atoms with E-state index in [9.17, 15) is 4.79 Å². The van der Waals surface area contributed by atoms with Gasteiger partial charge < -0.3 is 19.9 Å². The van der Waals surface area contributed by atoms with E-state index in [-0.39, 0.29) is 12.0 Å². The molecule has 0 amide bonds. The lowest BCUT2D eigenvalue weighted by atomic mass is 9.96. The minimum Gasteiger partial charge on any atom is -0.468 e. The van der Waals surface area contributed by atoms with Crippen LogP contribution in [-0.2, 0) is 9.53 Å². The van der Waals surface area contributed by atoms with Crippen LogP contribution in [0.1, 0.15) is 25.7 Å². The van der Waals surface area contributed by atoms with Crippen molar-refractivity contribution in [3.05, 3.63) is 0 Å². The number of piperidine rings is 1. The van der Waals surface area contributed by atoms with E-state index < -0.39 is 0 Å². The highest BCUT2D eigenvalue weighted by Crippen LogP contribution is 2.21. The van der Waals surface area contributed by atoms with Crippen molar-refractivity contribution in [2.24, 2.45) is 5.92 Å². The Labute approximate surface area is 122 Å². The maximum absolute atomic E-state index is 11.8. The Morgan fingerprint density at radius 1 is 1.30 bits per heavy atom. The average Bonchev–Trinajstić information content (AvgIpc) is 3.22. The summed E-state index contributed by atoms with van der Waals surface area (Å²) in [4.78, 5) is 16.5. The van der Waals surface area contributed by atoms with Crippen molar-refractivity contribution in [3.63, 3.8) is 0 Å². The second-order valence-electron chi connectivity index (χ2n) is 6.52. The van der Waals surface area contributed by atoms with Crippen LogP contribution in [0.3, 0.4) is 0 Å². The van der Waals surface area contributed by atoms with Gasteiger partial charge in [0, 0.05) is 19.1 Å². The van der Waals surface area contributed by atoms with Gasteiger partial charge in [0.1, 0.15) is 6.04 Å². The third-order valence-electron chi connectivity index (χ3n) is 4.27. The van der Waals surface area contributed by atoms with Gasteiger partial charge in [-0.2, -0.15) is 0 Å². The van der Waals surface area contributed by atoms with Gasteiger partial charge in [-0.1, -0.05) is 0 Å². The molecule has 2 rings (SSSR count). The van der Waals surface area contributed by atoms with Gasteiger partial charge in [0.2, 0.25) is 0 Å². The molecule has 1 unspecified atom stereocenters. The van der Waals surface area contributed by atoms with Gasteiger partial charge in [-0.25, -0.2) is 0 Å². The van der Waals surface area contributed by atoms with Gasteiger partial charge in [0.15, 0.2) is 0 Å². The number of methoxy groups -OCH3 is 1.